The standard InChI is InChI=1S/C26H37N5O.HI/c1-27-26(29-24-12-14-30(15-13-24)21-22-8-4-2-5-9-22)28-20-25(23-10-6-3-7-11-23)31-16-18-32-19-17-31;/h2-11,24-25H,12-21H2,1H3,(H2,27,28,29);1H. The zero-order chi connectivity index (χ0) is 22.0. The molecule has 2 fully saturated rings. The molecule has 0 saturated carbocycles. The van der Waals surface area contributed by atoms with E-state index in [1.54, 1.807) is 0 Å². The van der Waals surface area contributed by atoms with E-state index >= 15 is 0 Å². The Kier molecular flexibility index (Phi) is 10.9. The molecule has 2 heterocycles. The fourth-order valence-electron chi connectivity index (χ4n) is 4.68. The molecule has 1 atom stereocenters. The van der Waals surface area contributed by atoms with E-state index in [9.17, 15) is 0 Å². The van der Waals surface area contributed by atoms with Crippen molar-refractivity contribution in [1.82, 2.24) is 20.4 Å². The lowest BCUT2D eigenvalue weighted by atomic mass is 10.0. The van der Waals surface area contributed by atoms with Gasteiger partial charge in [-0.2, -0.15) is 0 Å². The van der Waals surface area contributed by atoms with Gasteiger partial charge in [0.15, 0.2) is 5.96 Å². The molecule has 2 aromatic carbocycles. The number of piperidine rings is 1. The highest BCUT2D eigenvalue weighted by atomic mass is 127. The summed E-state index contributed by atoms with van der Waals surface area (Å²) >= 11 is 0. The van der Waals surface area contributed by atoms with Crippen LogP contribution in [0.5, 0.6) is 0 Å². The monoisotopic (exact) mass is 563 g/mol. The van der Waals surface area contributed by atoms with Gasteiger partial charge in [-0.1, -0.05) is 60.7 Å². The van der Waals surface area contributed by atoms with Gasteiger partial charge in [-0.25, -0.2) is 0 Å². The van der Waals surface area contributed by atoms with E-state index < -0.39 is 0 Å². The molecule has 2 aliphatic rings. The molecule has 0 aliphatic carbocycles. The molecule has 0 amide bonds. The summed E-state index contributed by atoms with van der Waals surface area (Å²) in [6.45, 7) is 7.64. The predicted octanol–water partition coefficient (Wildman–Crippen LogP) is 3.51. The number of nitrogens with zero attached hydrogens (tertiary/aromatic N) is 3. The van der Waals surface area contributed by atoms with Crippen LogP contribution >= 0.6 is 24.0 Å². The van der Waals surface area contributed by atoms with Crippen LogP contribution in [0.4, 0.5) is 0 Å². The van der Waals surface area contributed by atoms with Gasteiger partial charge in [0, 0.05) is 52.4 Å². The smallest absolute Gasteiger partial charge is 0.191 e. The summed E-state index contributed by atoms with van der Waals surface area (Å²) in [6.07, 6.45) is 2.28. The summed E-state index contributed by atoms with van der Waals surface area (Å²) in [5.74, 6) is 0.903. The lowest BCUT2D eigenvalue weighted by molar-refractivity contribution is 0.0170. The van der Waals surface area contributed by atoms with E-state index in [-0.39, 0.29) is 24.0 Å². The average molecular weight is 564 g/mol. The van der Waals surface area contributed by atoms with Gasteiger partial charge in [-0.05, 0) is 24.0 Å². The normalized spacial score (nSPS) is 19.5. The van der Waals surface area contributed by atoms with Crippen LogP contribution in [0.25, 0.3) is 0 Å². The van der Waals surface area contributed by atoms with Crippen molar-refractivity contribution >= 4 is 29.9 Å². The summed E-state index contributed by atoms with van der Waals surface area (Å²) in [4.78, 5) is 9.58. The minimum Gasteiger partial charge on any atom is -0.379 e. The third-order valence-corrected chi connectivity index (χ3v) is 6.53. The molecule has 2 N–H and O–H groups in total. The number of benzene rings is 2. The molecule has 2 aromatic rings. The molecule has 1 unspecified atom stereocenters. The first-order valence-corrected chi connectivity index (χ1v) is 11.9. The summed E-state index contributed by atoms with van der Waals surface area (Å²) in [5, 5.41) is 7.28. The molecule has 0 spiro atoms. The van der Waals surface area contributed by atoms with Crippen LogP contribution in [0, 0.1) is 0 Å². The zero-order valence-electron chi connectivity index (χ0n) is 19.7. The van der Waals surface area contributed by atoms with Gasteiger partial charge in [0.1, 0.15) is 0 Å². The Labute approximate surface area is 215 Å². The molecule has 33 heavy (non-hydrogen) atoms. The fourth-order valence-corrected chi connectivity index (χ4v) is 4.68. The lowest BCUT2D eigenvalue weighted by Crippen LogP contribution is -2.50. The molecule has 4 rings (SSSR count). The number of halogens is 1. The lowest BCUT2D eigenvalue weighted by Gasteiger charge is -2.36. The number of hydrogen-bond donors (Lipinski definition) is 2. The third kappa shape index (κ3) is 7.95. The molecule has 0 bridgehead atoms. The number of hydrogen-bond acceptors (Lipinski definition) is 4. The van der Waals surface area contributed by atoms with Gasteiger partial charge < -0.3 is 15.4 Å². The van der Waals surface area contributed by atoms with Crippen molar-refractivity contribution in [2.24, 2.45) is 4.99 Å². The van der Waals surface area contributed by atoms with Crippen molar-refractivity contribution in [2.75, 3.05) is 53.0 Å². The quantitative estimate of drug-likeness (QED) is 0.307. The zero-order valence-corrected chi connectivity index (χ0v) is 22.0. The van der Waals surface area contributed by atoms with Crippen molar-refractivity contribution in [3.8, 4) is 0 Å². The Morgan fingerprint density at radius 2 is 1.61 bits per heavy atom. The molecule has 180 valence electrons. The second-order valence-corrected chi connectivity index (χ2v) is 8.71. The van der Waals surface area contributed by atoms with E-state index in [0.29, 0.717) is 12.1 Å². The van der Waals surface area contributed by atoms with Crippen LogP contribution in [0.15, 0.2) is 65.7 Å². The van der Waals surface area contributed by atoms with Crippen LogP contribution in [0.1, 0.15) is 30.0 Å². The maximum Gasteiger partial charge on any atom is 0.191 e. The fraction of sp³-hybridized carbons (Fsp3) is 0.500. The number of likely N-dealkylation sites (tertiary alicyclic amines) is 1. The highest BCUT2D eigenvalue weighted by molar-refractivity contribution is 14.0. The van der Waals surface area contributed by atoms with E-state index in [4.69, 9.17) is 4.74 Å². The number of ether oxygens (including phenoxy) is 1. The number of nitrogens with one attached hydrogen (secondary N) is 2. The maximum atomic E-state index is 5.58. The molecule has 2 aliphatic heterocycles. The summed E-state index contributed by atoms with van der Waals surface area (Å²) < 4.78 is 5.58. The molecule has 2 saturated heterocycles. The highest BCUT2D eigenvalue weighted by Crippen LogP contribution is 2.21. The van der Waals surface area contributed by atoms with Gasteiger partial charge in [0.05, 0.1) is 19.3 Å². The Morgan fingerprint density at radius 1 is 0.970 bits per heavy atom. The second-order valence-electron chi connectivity index (χ2n) is 8.71. The number of aliphatic imine (C=N–C) groups is 1. The van der Waals surface area contributed by atoms with Gasteiger partial charge in [-0.15, -0.1) is 24.0 Å². The van der Waals surface area contributed by atoms with Gasteiger partial charge in [0.2, 0.25) is 0 Å². The molecule has 7 heteroatoms. The van der Waals surface area contributed by atoms with Crippen LogP contribution < -0.4 is 10.6 Å². The van der Waals surface area contributed by atoms with E-state index in [1.807, 2.05) is 7.05 Å². The van der Waals surface area contributed by atoms with Crippen LogP contribution in [-0.4, -0.2) is 74.8 Å². The summed E-state index contributed by atoms with van der Waals surface area (Å²) in [7, 11) is 1.87. The SMILES string of the molecule is CN=C(NCC(c1ccccc1)N1CCOCC1)NC1CCN(Cc2ccccc2)CC1.I. The Balaban J connectivity index is 0.00000306. The Hall–Kier alpha value is -1.68. The molecule has 0 aromatic heterocycles. The average Bonchev–Trinajstić information content (AvgIpc) is 2.86. The minimum absolute atomic E-state index is 0. The molecule has 0 radical (unpaired) electrons. The van der Waals surface area contributed by atoms with Crippen molar-refractivity contribution in [2.45, 2.75) is 31.5 Å². The number of guanidine groups is 1. The maximum absolute atomic E-state index is 5.58. The van der Waals surface area contributed by atoms with E-state index in [1.165, 1.54) is 11.1 Å². The van der Waals surface area contributed by atoms with Crippen LogP contribution in [0.3, 0.4) is 0 Å². The predicted molar refractivity (Wildman–Crippen MR) is 146 cm³/mol. The third-order valence-electron chi connectivity index (χ3n) is 6.53. The molecular weight excluding hydrogens is 525 g/mol. The van der Waals surface area contributed by atoms with Gasteiger partial charge in [0.25, 0.3) is 0 Å². The Morgan fingerprint density at radius 3 is 2.24 bits per heavy atom. The molecular formula is C26H38IN5O. The van der Waals surface area contributed by atoms with Crippen LogP contribution in [-0.2, 0) is 11.3 Å². The second kappa shape index (κ2) is 13.9. The first-order valence-electron chi connectivity index (χ1n) is 11.9. The summed E-state index contributed by atoms with van der Waals surface area (Å²) in [6, 6.07) is 22.3. The topological polar surface area (TPSA) is 52.1 Å². The first kappa shape index (κ1) is 25.9. The van der Waals surface area contributed by atoms with Gasteiger partial charge in [-0.3, -0.25) is 14.8 Å². The largest absolute Gasteiger partial charge is 0.379 e. The van der Waals surface area contributed by atoms with Crippen molar-refractivity contribution in [1.29, 1.82) is 0 Å². The highest BCUT2D eigenvalue weighted by Gasteiger charge is 2.24. The Bertz CT molecular complexity index is 821. The van der Waals surface area contributed by atoms with Crippen molar-refractivity contribution in [3.63, 3.8) is 0 Å². The van der Waals surface area contributed by atoms with Gasteiger partial charge >= 0.3 is 0 Å². The van der Waals surface area contributed by atoms with E-state index in [2.05, 4.69) is 86.1 Å². The minimum atomic E-state index is 0. The number of morpholine rings is 1. The molecule has 6 nitrogen and oxygen atoms in total. The first-order chi connectivity index (χ1) is 15.8. The van der Waals surface area contributed by atoms with E-state index in [0.717, 1.165) is 71.3 Å². The number of rotatable bonds is 7. The summed E-state index contributed by atoms with van der Waals surface area (Å²) in [5.41, 5.74) is 2.73. The van der Waals surface area contributed by atoms with Crippen LogP contribution in [0.2, 0.25) is 0 Å². The van der Waals surface area contributed by atoms with Crippen molar-refractivity contribution in [3.05, 3.63) is 71.8 Å². The van der Waals surface area contributed by atoms with Crippen molar-refractivity contribution < 1.29 is 4.74 Å².